The normalized spacial score (nSPS) is 19.2. The van der Waals surface area contributed by atoms with Crippen LogP contribution in [0.25, 0.3) is 0 Å². The Morgan fingerprint density at radius 1 is 1.42 bits per heavy atom. The van der Waals surface area contributed by atoms with Crippen molar-refractivity contribution in [1.82, 2.24) is 5.32 Å². The smallest absolute Gasteiger partial charge is 0.0223 e. The van der Waals surface area contributed by atoms with Crippen LogP contribution in [0.5, 0.6) is 0 Å². The fraction of sp³-hybridized carbons (Fsp3) is 1.00. The quantitative estimate of drug-likeness (QED) is 0.614. The van der Waals surface area contributed by atoms with E-state index in [0.717, 1.165) is 19.0 Å². The molecule has 0 atom stereocenters. The van der Waals surface area contributed by atoms with Gasteiger partial charge in [-0.3, -0.25) is 0 Å². The molecule has 0 aromatic heterocycles. The summed E-state index contributed by atoms with van der Waals surface area (Å²) in [6.45, 7) is 6.19. The van der Waals surface area contributed by atoms with E-state index in [1.807, 2.05) is 0 Å². The summed E-state index contributed by atoms with van der Waals surface area (Å²) in [7, 11) is 0. The van der Waals surface area contributed by atoms with Crippen molar-refractivity contribution in [3.05, 3.63) is 0 Å². The third-order valence-corrected chi connectivity index (χ3v) is 2.53. The van der Waals surface area contributed by atoms with Gasteiger partial charge in [-0.15, -0.1) is 0 Å². The van der Waals surface area contributed by atoms with Gasteiger partial charge in [-0.1, -0.05) is 19.3 Å². The number of hydrogen-bond acceptors (Lipinski definition) is 2. The minimum atomic E-state index is -0.0559. The summed E-state index contributed by atoms with van der Waals surface area (Å²) >= 11 is 0. The zero-order chi connectivity index (χ0) is 9.03. The highest BCUT2D eigenvalue weighted by Gasteiger charge is 2.16. The summed E-state index contributed by atoms with van der Waals surface area (Å²) in [4.78, 5) is 0. The molecule has 0 aromatic carbocycles. The third-order valence-electron chi connectivity index (χ3n) is 2.53. The lowest BCUT2D eigenvalue weighted by Gasteiger charge is -2.26. The van der Waals surface area contributed by atoms with Crippen LogP contribution in [0.1, 0.15) is 39.5 Å². The molecule has 0 bridgehead atoms. The summed E-state index contributed by atoms with van der Waals surface area (Å²) in [6.07, 6.45) is 5.70. The maximum Gasteiger partial charge on any atom is 0.0223 e. The molecule has 0 radical (unpaired) electrons. The minimum absolute atomic E-state index is 0.0559. The molecule has 0 spiro atoms. The molecule has 0 amide bonds. The SMILES string of the molecule is CC(C)(N)CNCCC1CCC1. The van der Waals surface area contributed by atoms with Gasteiger partial charge in [-0.05, 0) is 32.7 Å². The highest BCUT2D eigenvalue weighted by atomic mass is 14.9. The van der Waals surface area contributed by atoms with Crippen LogP contribution in [0.15, 0.2) is 0 Å². The molecule has 1 rings (SSSR count). The molecule has 2 nitrogen and oxygen atoms in total. The van der Waals surface area contributed by atoms with Crippen LogP contribution in [-0.2, 0) is 0 Å². The highest BCUT2D eigenvalue weighted by Crippen LogP contribution is 2.28. The Kier molecular flexibility index (Phi) is 3.53. The average molecular weight is 170 g/mol. The number of hydrogen-bond donors (Lipinski definition) is 2. The van der Waals surface area contributed by atoms with Gasteiger partial charge >= 0.3 is 0 Å². The first-order valence-electron chi connectivity index (χ1n) is 5.07. The van der Waals surface area contributed by atoms with E-state index in [9.17, 15) is 0 Å². The van der Waals surface area contributed by atoms with E-state index in [1.54, 1.807) is 0 Å². The Labute approximate surface area is 75.9 Å². The molecule has 0 heterocycles. The van der Waals surface area contributed by atoms with Crippen LogP contribution in [0.2, 0.25) is 0 Å². The predicted octanol–water partition coefficient (Wildman–Crippen LogP) is 1.50. The van der Waals surface area contributed by atoms with Gasteiger partial charge in [-0.25, -0.2) is 0 Å². The van der Waals surface area contributed by atoms with E-state index in [2.05, 4.69) is 19.2 Å². The van der Waals surface area contributed by atoms with Gasteiger partial charge in [0.25, 0.3) is 0 Å². The van der Waals surface area contributed by atoms with E-state index in [1.165, 1.54) is 25.7 Å². The van der Waals surface area contributed by atoms with Crippen molar-refractivity contribution in [2.24, 2.45) is 11.7 Å². The lowest BCUT2D eigenvalue weighted by molar-refractivity contribution is 0.289. The average Bonchev–Trinajstić information content (AvgIpc) is 1.80. The van der Waals surface area contributed by atoms with Crippen LogP contribution in [0, 0.1) is 5.92 Å². The molecule has 12 heavy (non-hydrogen) atoms. The topological polar surface area (TPSA) is 38.0 Å². The first-order chi connectivity index (χ1) is 5.58. The molecule has 0 aromatic rings. The molecular weight excluding hydrogens is 148 g/mol. The van der Waals surface area contributed by atoms with E-state index >= 15 is 0 Å². The molecule has 1 aliphatic rings. The Hall–Kier alpha value is -0.0800. The van der Waals surface area contributed by atoms with E-state index < -0.39 is 0 Å². The van der Waals surface area contributed by atoms with Gasteiger partial charge in [0, 0.05) is 12.1 Å². The van der Waals surface area contributed by atoms with E-state index in [0.29, 0.717) is 0 Å². The summed E-state index contributed by atoms with van der Waals surface area (Å²) in [6, 6.07) is 0. The van der Waals surface area contributed by atoms with Crippen molar-refractivity contribution in [2.45, 2.75) is 45.1 Å². The van der Waals surface area contributed by atoms with Crippen molar-refractivity contribution in [3.8, 4) is 0 Å². The van der Waals surface area contributed by atoms with Gasteiger partial charge in [-0.2, -0.15) is 0 Å². The Balaban J connectivity index is 1.88. The van der Waals surface area contributed by atoms with Crippen molar-refractivity contribution in [1.29, 1.82) is 0 Å². The Morgan fingerprint density at radius 2 is 2.08 bits per heavy atom. The molecule has 3 N–H and O–H groups in total. The van der Waals surface area contributed by atoms with Crippen LogP contribution >= 0.6 is 0 Å². The summed E-state index contributed by atoms with van der Waals surface area (Å²) < 4.78 is 0. The van der Waals surface area contributed by atoms with Crippen molar-refractivity contribution >= 4 is 0 Å². The Bertz CT molecular complexity index is 122. The summed E-state index contributed by atoms with van der Waals surface area (Å²) in [5.74, 6) is 1.01. The van der Waals surface area contributed by atoms with Crippen LogP contribution < -0.4 is 11.1 Å². The number of nitrogens with one attached hydrogen (secondary N) is 1. The lowest BCUT2D eigenvalue weighted by Crippen LogP contribution is -2.43. The van der Waals surface area contributed by atoms with Gasteiger partial charge in [0.15, 0.2) is 0 Å². The lowest BCUT2D eigenvalue weighted by atomic mass is 9.83. The van der Waals surface area contributed by atoms with E-state index in [-0.39, 0.29) is 5.54 Å². The first-order valence-corrected chi connectivity index (χ1v) is 5.07. The van der Waals surface area contributed by atoms with Crippen molar-refractivity contribution < 1.29 is 0 Å². The van der Waals surface area contributed by atoms with Crippen LogP contribution in [0.4, 0.5) is 0 Å². The molecule has 1 saturated carbocycles. The fourth-order valence-corrected chi connectivity index (χ4v) is 1.50. The second kappa shape index (κ2) is 4.24. The van der Waals surface area contributed by atoms with Crippen LogP contribution in [0.3, 0.4) is 0 Å². The largest absolute Gasteiger partial charge is 0.324 e. The highest BCUT2D eigenvalue weighted by molar-refractivity contribution is 4.76. The van der Waals surface area contributed by atoms with Gasteiger partial charge in [0.1, 0.15) is 0 Å². The maximum absolute atomic E-state index is 5.84. The molecule has 0 unspecified atom stereocenters. The third kappa shape index (κ3) is 4.07. The number of nitrogens with two attached hydrogens (primary N) is 1. The molecule has 1 fully saturated rings. The number of rotatable bonds is 5. The molecule has 1 aliphatic carbocycles. The summed E-state index contributed by atoms with van der Waals surface area (Å²) in [5.41, 5.74) is 5.78. The standard InChI is InChI=1S/C10H22N2/c1-10(2,11)8-12-7-6-9-4-3-5-9/h9,12H,3-8,11H2,1-2H3. The molecule has 0 saturated heterocycles. The van der Waals surface area contributed by atoms with Crippen LogP contribution in [-0.4, -0.2) is 18.6 Å². The molecular formula is C10H22N2. The Morgan fingerprint density at radius 3 is 2.50 bits per heavy atom. The van der Waals surface area contributed by atoms with Crippen molar-refractivity contribution in [3.63, 3.8) is 0 Å². The molecule has 2 heteroatoms. The predicted molar refractivity (Wildman–Crippen MR) is 53.1 cm³/mol. The maximum atomic E-state index is 5.84. The van der Waals surface area contributed by atoms with Gasteiger partial charge in [0.2, 0.25) is 0 Å². The van der Waals surface area contributed by atoms with Crippen molar-refractivity contribution in [2.75, 3.05) is 13.1 Å². The molecule has 0 aliphatic heterocycles. The monoisotopic (exact) mass is 170 g/mol. The zero-order valence-electron chi connectivity index (χ0n) is 8.40. The summed E-state index contributed by atoms with van der Waals surface area (Å²) in [5, 5.41) is 3.40. The molecule has 72 valence electrons. The first kappa shape index (κ1) is 10.0. The second-order valence-corrected chi connectivity index (χ2v) is 4.75. The fourth-order valence-electron chi connectivity index (χ4n) is 1.50. The minimum Gasteiger partial charge on any atom is -0.324 e. The van der Waals surface area contributed by atoms with Gasteiger partial charge in [0.05, 0.1) is 0 Å². The second-order valence-electron chi connectivity index (χ2n) is 4.75. The zero-order valence-corrected chi connectivity index (χ0v) is 8.40. The van der Waals surface area contributed by atoms with E-state index in [4.69, 9.17) is 5.73 Å². The van der Waals surface area contributed by atoms with Gasteiger partial charge < -0.3 is 11.1 Å².